The highest BCUT2D eigenvalue weighted by molar-refractivity contribution is 6.13. The van der Waals surface area contributed by atoms with Crippen molar-refractivity contribution in [3.8, 4) is 0 Å². The first kappa shape index (κ1) is 22.7. The molecule has 3 rings (SSSR count). The molecule has 0 aromatic heterocycles. The molecule has 1 N–H and O–H groups in total. The van der Waals surface area contributed by atoms with Gasteiger partial charge < -0.3 is 14.6 Å². The molecule has 0 spiro atoms. The molecule has 0 amide bonds. The number of esters is 2. The van der Waals surface area contributed by atoms with Crippen LogP contribution >= 0.6 is 0 Å². The summed E-state index contributed by atoms with van der Waals surface area (Å²) in [5.41, 5.74) is 1.08. The number of nitrogens with zero attached hydrogens (tertiary/aromatic N) is 1. The lowest BCUT2D eigenvalue weighted by Gasteiger charge is -2.38. The van der Waals surface area contributed by atoms with Gasteiger partial charge in [-0.1, -0.05) is 60.7 Å². The maximum absolute atomic E-state index is 13.2. The molecule has 1 aliphatic rings. The van der Waals surface area contributed by atoms with E-state index < -0.39 is 29.5 Å². The van der Waals surface area contributed by atoms with E-state index in [2.05, 4.69) is 0 Å². The van der Waals surface area contributed by atoms with Gasteiger partial charge >= 0.3 is 11.9 Å². The number of rotatable bonds is 7. The van der Waals surface area contributed by atoms with Crippen molar-refractivity contribution in [3.05, 3.63) is 71.8 Å². The molecule has 31 heavy (non-hydrogen) atoms. The SMILES string of the molecule is CCOC(=O)C1CC(N=C(c2ccccc2)c2ccccc2)(C(=O)OCC)CCC1O. The monoisotopic (exact) mass is 423 g/mol. The van der Waals surface area contributed by atoms with Gasteiger partial charge in [0.25, 0.3) is 0 Å². The van der Waals surface area contributed by atoms with Crippen LogP contribution in [0.1, 0.15) is 44.2 Å². The Morgan fingerprint density at radius 1 is 0.968 bits per heavy atom. The molecule has 6 heteroatoms. The van der Waals surface area contributed by atoms with Crippen LogP contribution in [0.3, 0.4) is 0 Å². The van der Waals surface area contributed by atoms with E-state index >= 15 is 0 Å². The summed E-state index contributed by atoms with van der Waals surface area (Å²) in [6.07, 6.45) is -0.308. The molecule has 2 aromatic rings. The van der Waals surface area contributed by atoms with E-state index in [9.17, 15) is 14.7 Å². The van der Waals surface area contributed by atoms with Gasteiger partial charge in [0, 0.05) is 11.1 Å². The van der Waals surface area contributed by atoms with Gasteiger partial charge in [0.15, 0.2) is 5.54 Å². The fraction of sp³-hybridized carbons (Fsp3) is 0.400. The zero-order chi connectivity index (χ0) is 22.3. The van der Waals surface area contributed by atoms with Crippen LogP contribution in [0.5, 0.6) is 0 Å². The Kier molecular flexibility index (Phi) is 7.58. The summed E-state index contributed by atoms with van der Waals surface area (Å²) >= 11 is 0. The molecule has 0 saturated heterocycles. The van der Waals surface area contributed by atoms with Crippen molar-refractivity contribution in [2.45, 2.75) is 44.8 Å². The molecule has 2 aromatic carbocycles. The zero-order valence-electron chi connectivity index (χ0n) is 18.0. The van der Waals surface area contributed by atoms with Gasteiger partial charge in [0.2, 0.25) is 0 Å². The topological polar surface area (TPSA) is 85.2 Å². The Labute approximate surface area is 182 Å². The van der Waals surface area contributed by atoms with E-state index in [1.54, 1.807) is 13.8 Å². The Morgan fingerprint density at radius 2 is 1.52 bits per heavy atom. The summed E-state index contributed by atoms with van der Waals surface area (Å²) in [5.74, 6) is -1.84. The third kappa shape index (κ3) is 5.20. The fourth-order valence-corrected chi connectivity index (χ4v) is 3.98. The lowest BCUT2D eigenvalue weighted by molar-refractivity contribution is -0.160. The van der Waals surface area contributed by atoms with E-state index in [1.807, 2.05) is 60.7 Å². The van der Waals surface area contributed by atoms with Crippen molar-refractivity contribution in [1.82, 2.24) is 0 Å². The number of aliphatic hydroxyl groups is 1. The Bertz CT molecular complexity index is 871. The number of benzene rings is 2. The lowest BCUT2D eigenvalue weighted by Crippen LogP contribution is -2.50. The average molecular weight is 424 g/mol. The van der Waals surface area contributed by atoms with Gasteiger partial charge in [0.1, 0.15) is 0 Å². The van der Waals surface area contributed by atoms with Crippen LogP contribution in [-0.4, -0.2) is 47.6 Å². The van der Waals surface area contributed by atoms with Crippen LogP contribution < -0.4 is 0 Å². The maximum atomic E-state index is 13.2. The minimum atomic E-state index is -1.28. The molecule has 1 fully saturated rings. The molecule has 1 saturated carbocycles. The number of aliphatic hydroxyl groups excluding tert-OH is 1. The highest BCUT2D eigenvalue weighted by Gasteiger charge is 2.50. The summed E-state index contributed by atoms with van der Waals surface area (Å²) in [7, 11) is 0. The summed E-state index contributed by atoms with van der Waals surface area (Å²) in [6, 6.07) is 19.2. The van der Waals surface area contributed by atoms with E-state index in [0.29, 0.717) is 5.71 Å². The van der Waals surface area contributed by atoms with Crippen molar-refractivity contribution < 1.29 is 24.2 Å². The molecule has 0 bridgehead atoms. The van der Waals surface area contributed by atoms with Gasteiger partial charge in [-0.2, -0.15) is 0 Å². The summed E-state index contributed by atoms with van der Waals surface area (Å²) in [6.45, 7) is 3.86. The van der Waals surface area contributed by atoms with E-state index in [0.717, 1.165) is 11.1 Å². The minimum Gasteiger partial charge on any atom is -0.466 e. The molecule has 1 aliphatic carbocycles. The van der Waals surface area contributed by atoms with Gasteiger partial charge in [0.05, 0.1) is 30.9 Å². The highest BCUT2D eigenvalue weighted by atomic mass is 16.5. The predicted octanol–water partition coefficient (Wildman–Crippen LogP) is 3.55. The lowest BCUT2D eigenvalue weighted by atomic mass is 9.74. The van der Waals surface area contributed by atoms with Crippen molar-refractivity contribution >= 4 is 17.7 Å². The molecule has 164 valence electrons. The fourth-order valence-electron chi connectivity index (χ4n) is 3.98. The Hall–Kier alpha value is -2.99. The van der Waals surface area contributed by atoms with Gasteiger partial charge in [-0.3, -0.25) is 9.79 Å². The molecular formula is C25H29NO5. The van der Waals surface area contributed by atoms with Crippen molar-refractivity contribution in [2.24, 2.45) is 10.9 Å². The van der Waals surface area contributed by atoms with Crippen LogP contribution in [0.25, 0.3) is 0 Å². The first-order valence-corrected chi connectivity index (χ1v) is 10.7. The summed E-state index contributed by atoms with van der Waals surface area (Å²) < 4.78 is 10.6. The number of aliphatic imine (C=N–C) groups is 1. The van der Waals surface area contributed by atoms with Crippen molar-refractivity contribution in [1.29, 1.82) is 0 Å². The third-order valence-corrected chi connectivity index (χ3v) is 5.54. The third-order valence-electron chi connectivity index (χ3n) is 5.54. The van der Waals surface area contributed by atoms with E-state index in [-0.39, 0.29) is 32.5 Å². The molecule has 0 radical (unpaired) electrons. The predicted molar refractivity (Wildman–Crippen MR) is 118 cm³/mol. The largest absolute Gasteiger partial charge is 0.466 e. The second kappa shape index (κ2) is 10.4. The second-order valence-electron chi connectivity index (χ2n) is 7.61. The standard InChI is InChI=1S/C25H29NO5/c1-3-30-23(28)20-17-25(16-15-21(20)27,24(29)31-4-2)26-22(18-11-7-5-8-12-18)19-13-9-6-10-14-19/h5-14,20-21,27H,3-4,15-17H2,1-2H3. The smallest absolute Gasteiger partial charge is 0.334 e. The average Bonchev–Trinajstić information content (AvgIpc) is 2.80. The van der Waals surface area contributed by atoms with Gasteiger partial charge in [-0.25, -0.2) is 4.79 Å². The minimum absolute atomic E-state index is 0.0367. The molecular weight excluding hydrogens is 394 g/mol. The molecule has 3 atom stereocenters. The number of hydrogen-bond donors (Lipinski definition) is 1. The van der Waals surface area contributed by atoms with E-state index in [4.69, 9.17) is 14.5 Å². The maximum Gasteiger partial charge on any atom is 0.334 e. The van der Waals surface area contributed by atoms with Crippen LogP contribution in [0.15, 0.2) is 65.7 Å². The quantitative estimate of drug-likeness (QED) is 0.544. The first-order valence-electron chi connectivity index (χ1n) is 10.7. The number of carbonyl (C=O) groups is 2. The molecule has 0 aliphatic heterocycles. The molecule has 6 nitrogen and oxygen atoms in total. The van der Waals surface area contributed by atoms with Crippen LogP contribution in [-0.2, 0) is 19.1 Å². The van der Waals surface area contributed by atoms with Crippen LogP contribution in [0, 0.1) is 5.92 Å². The Balaban J connectivity index is 2.13. The van der Waals surface area contributed by atoms with Gasteiger partial charge in [-0.15, -0.1) is 0 Å². The molecule has 3 unspecified atom stereocenters. The Morgan fingerprint density at radius 3 is 2.03 bits per heavy atom. The van der Waals surface area contributed by atoms with Crippen LogP contribution in [0.4, 0.5) is 0 Å². The normalized spacial score (nSPS) is 22.9. The first-order chi connectivity index (χ1) is 15.0. The number of carbonyl (C=O) groups excluding carboxylic acids is 2. The zero-order valence-corrected chi connectivity index (χ0v) is 18.0. The van der Waals surface area contributed by atoms with Crippen LogP contribution in [0.2, 0.25) is 0 Å². The number of ether oxygens (including phenoxy) is 2. The van der Waals surface area contributed by atoms with Gasteiger partial charge in [-0.05, 0) is 33.1 Å². The van der Waals surface area contributed by atoms with Crippen molar-refractivity contribution in [3.63, 3.8) is 0 Å². The second-order valence-corrected chi connectivity index (χ2v) is 7.61. The van der Waals surface area contributed by atoms with Crippen molar-refractivity contribution in [2.75, 3.05) is 13.2 Å². The summed E-state index contributed by atoms with van der Waals surface area (Å²) in [5, 5.41) is 10.5. The molecule has 0 heterocycles. The summed E-state index contributed by atoms with van der Waals surface area (Å²) in [4.78, 5) is 30.7. The highest BCUT2D eigenvalue weighted by Crippen LogP contribution is 2.38. The van der Waals surface area contributed by atoms with E-state index in [1.165, 1.54) is 0 Å². The number of hydrogen-bond acceptors (Lipinski definition) is 6.